The Morgan fingerprint density at radius 2 is 1.59 bits per heavy atom. The Labute approximate surface area is 292 Å². The molecule has 0 radical (unpaired) electrons. The van der Waals surface area contributed by atoms with Gasteiger partial charge >= 0.3 is 6.18 Å². The fourth-order valence-electron chi connectivity index (χ4n) is 5.73. The fourth-order valence-corrected chi connectivity index (χ4v) is 7.17. The van der Waals surface area contributed by atoms with Crippen LogP contribution in [0.2, 0.25) is 0 Å². The van der Waals surface area contributed by atoms with Gasteiger partial charge in [-0.2, -0.15) is 18.0 Å². The topological polar surface area (TPSA) is 156 Å². The largest absolute Gasteiger partial charge is 0.497 e. The summed E-state index contributed by atoms with van der Waals surface area (Å²) in [5.74, 6) is 1.04. The van der Waals surface area contributed by atoms with E-state index in [0.717, 1.165) is 31.1 Å². The summed E-state index contributed by atoms with van der Waals surface area (Å²) < 4.78 is 84.9. The molecule has 51 heavy (non-hydrogen) atoms. The summed E-state index contributed by atoms with van der Waals surface area (Å²) in [7, 11) is -1.86. The normalized spacial score (nSPS) is 14.7. The van der Waals surface area contributed by atoms with Crippen molar-refractivity contribution in [3.63, 3.8) is 0 Å². The van der Waals surface area contributed by atoms with Crippen molar-refractivity contribution in [2.45, 2.75) is 36.6 Å². The summed E-state index contributed by atoms with van der Waals surface area (Å²) in [6.07, 6.45) is -4.19. The molecule has 6 rings (SSSR count). The van der Waals surface area contributed by atoms with E-state index in [1.807, 2.05) is 0 Å². The Morgan fingerprint density at radius 3 is 2.18 bits per heavy atom. The monoisotopic (exact) mass is 720 g/mol. The molecule has 0 aliphatic carbocycles. The number of sulfonamides is 1. The lowest BCUT2D eigenvalue weighted by Crippen LogP contribution is -2.36. The lowest BCUT2D eigenvalue weighted by Gasteiger charge is -2.20. The highest BCUT2D eigenvalue weighted by Crippen LogP contribution is 2.43. The zero-order valence-electron chi connectivity index (χ0n) is 27.7. The third kappa shape index (κ3) is 8.19. The quantitative estimate of drug-likeness (QED) is 0.105. The Balaban J connectivity index is 1.44. The van der Waals surface area contributed by atoms with Crippen LogP contribution in [0.5, 0.6) is 11.5 Å². The summed E-state index contributed by atoms with van der Waals surface area (Å²) in [5.41, 5.74) is 0.552. The van der Waals surface area contributed by atoms with Crippen LogP contribution in [0.15, 0.2) is 89.8 Å². The first kappa shape index (κ1) is 35.5. The van der Waals surface area contributed by atoms with E-state index in [-0.39, 0.29) is 41.9 Å². The van der Waals surface area contributed by atoms with Crippen LogP contribution in [-0.4, -0.2) is 67.8 Å². The molecule has 4 aromatic carbocycles. The van der Waals surface area contributed by atoms with Crippen LogP contribution in [0, 0.1) is 5.41 Å². The predicted molar refractivity (Wildman–Crippen MR) is 184 cm³/mol. The van der Waals surface area contributed by atoms with Gasteiger partial charge < -0.3 is 20.1 Å². The maximum absolute atomic E-state index is 14.7. The second-order valence-electron chi connectivity index (χ2n) is 11.8. The van der Waals surface area contributed by atoms with Crippen LogP contribution in [0.4, 0.5) is 13.2 Å². The first-order valence-electron chi connectivity index (χ1n) is 15.9. The molecule has 1 fully saturated rings. The number of halogens is 3. The van der Waals surface area contributed by atoms with E-state index < -0.39 is 26.7 Å². The molecule has 5 aromatic rings. The maximum atomic E-state index is 14.7. The second-order valence-corrected chi connectivity index (χ2v) is 13.5. The molecule has 266 valence electrons. The van der Waals surface area contributed by atoms with Gasteiger partial charge in [0.1, 0.15) is 22.2 Å². The first-order valence-corrected chi connectivity index (χ1v) is 17.4. The number of ether oxygens (including phenoxy) is 2. The minimum Gasteiger partial charge on any atom is -0.497 e. The van der Waals surface area contributed by atoms with Crippen LogP contribution in [-0.2, 0) is 29.3 Å². The molecule has 16 heteroatoms. The van der Waals surface area contributed by atoms with Crippen LogP contribution < -0.4 is 24.8 Å². The number of alkyl halides is 3. The Kier molecular flexibility index (Phi) is 10.4. The second kappa shape index (κ2) is 14.9. The summed E-state index contributed by atoms with van der Waals surface area (Å²) in [6, 6.07) is 22.0. The molecule has 0 bridgehead atoms. The van der Waals surface area contributed by atoms with Crippen LogP contribution in [0.3, 0.4) is 0 Å². The number of hydrogen-bond donors (Lipinski definition) is 4. The van der Waals surface area contributed by atoms with Crippen molar-refractivity contribution < 1.29 is 31.1 Å². The predicted octanol–water partition coefficient (Wildman–Crippen LogP) is 4.85. The molecule has 1 aliphatic rings. The molecule has 12 nitrogen and oxygen atoms in total. The summed E-state index contributed by atoms with van der Waals surface area (Å²) in [4.78, 5) is 0.147. The van der Waals surface area contributed by atoms with Gasteiger partial charge in [0, 0.05) is 24.7 Å². The van der Waals surface area contributed by atoms with E-state index in [1.165, 1.54) is 25.1 Å². The highest BCUT2D eigenvalue weighted by Gasteiger charge is 2.41. The van der Waals surface area contributed by atoms with E-state index in [2.05, 4.69) is 30.8 Å². The standard InChI is InChI=1S/C35H35F3N8O4S/c1-49-27-11-3-22(4-12-27)19-41-51(47,48)32-30(35(36,37)38)16-15-29(24-7-9-25(10-8-24)33(39)42-26-17-18-40-20-26)31(32)34-43-45-46(44-34)21-23-5-13-28(50-2)14-6-23/h3-16,26,40-41H,17-21H2,1-2H3,(H2,39,42). The fraction of sp³-hybridized carbons (Fsp3) is 0.257. The van der Waals surface area contributed by atoms with E-state index in [0.29, 0.717) is 28.2 Å². The SMILES string of the molecule is COc1ccc(CNS(=O)(=O)c2c(C(F)(F)F)ccc(-c3ccc(C(=N)NC4CCNC4)cc3)c2-c2nnn(Cc3ccc(OC)cc3)n2)cc1. The molecule has 0 spiro atoms. The van der Waals surface area contributed by atoms with Gasteiger partial charge in [0.15, 0.2) is 0 Å². The molecular formula is C35H35F3N8O4S. The van der Waals surface area contributed by atoms with Crippen molar-refractivity contribution in [1.29, 1.82) is 5.41 Å². The zero-order valence-corrected chi connectivity index (χ0v) is 28.5. The highest BCUT2D eigenvalue weighted by atomic mass is 32.2. The molecule has 2 heterocycles. The minimum atomic E-state index is -5.06. The molecule has 1 aromatic heterocycles. The number of benzene rings is 4. The van der Waals surface area contributed by atoms with Gasteiger partial charge in [0.2, 0.25) is 15.8 Å². The molecule has 0 saturated carbocycles. The smallest absolute Gasteiger partial charge is 0.417 e. The maximum Gasteiger partial charge on any atom is 0.417 e. The van der Waals surface area contributed by atoms with Gasteiger partial charge in [-0.05, 0) is 70.8 Å². The number of amidine groups is 1. The van der Waals surface area contributed by atoms with Crippen LogP contribution >= 0.6 is 0 Å². The number of tetrazole rings is 1. The molecule has 1 aliphatic heterocycles. The Hall–Kier alpha value is -5.32. The number of hydrogen-bond acceptors (Lipinski definition) is 9. The molecule has 1 unspecified atom stereocenters. The summed E-state index contributed by atoms with van der Waals surface area (Å²) in [6.45, 7) is 1.37. The van der Waals surface area contributed by atoms with E-state index >= 15 is 0 Å². The number of nitrogens with zero attached hydrogens (tertiary/aromatic N) is 4. The van der Waals surface area contributed by atoms with E-state index in [4.69, 9.17) is 14.9 Å². The average molecular weight is 721 g/mol. The van der Waals surface area contributed by atoms with Crippen molar-refractivity contribution in [2.75, 3.05) is 27.3 Å². The van der Waals surface area contributed by atoms with E-state index in [9.17, 15) is 21.6 Å². The van der Waals surface area contributed by atoms with Gasteiger partial charge in [-0.3, -0.25) is 5.41 Å². The highest BCUT2D eigenvalue weighted by molar-refractivity contribution is 7.89. The molecule has 0 amide bonds. The van der Waals surface area contributed by atoms with Crippen molar-refractivity contribution in [2.24, 2.45) is 0 Å². The van der Waals surface area contributed by atoms with Gasteiger partial charge in [-0.1, -0.05) is 54.6 Å². The lowest BCUT2D eigenvalue weighted by atomic mass is 9.95. The van der Waals surface area contributed by atoms with Crippen LogP contribution in [0.25, 0.3) is 22.5 Å². The minimum absolute atomic E-state index is 0.100. The number of nitrogens with one attached hydrogen (secondary N) is 4. The third-order valence-corrected chi connectivity index (χ3v) is 9.90. The lowest BCUT2D eigenvalue weighted by molar-refractivity contribution is -0.139. The zero-order chi connectivity index (χ0) is 36.2. The van der Waals surface area contributed by atoms with Gasteiger partial charge in [-0.25, -0.2) is 13.1 Å². The molecule has 4 N–H and O–H groups in total. The van der Waals surface area contributed by atoms with E-state index in [1.54, 1.807) is 72.8 Å². The first-order chi connectivity index (χ1) is 24.4. The van der Waals surface area contributed by atoms with Gasteiger partial charge in [-0.15, -0.1) is 10.2 Å². The van der Waals surface area contributed by atoms with Gasteiger partial charge in [0.25, 0.3) is 0 Å². The molecule has 1 saturated heterocycles. The molecular weight excluding hydrogens is 685 g/mol. The average Bonchev–Trinajstić information content (AvgIpc) is 3.83. The van der Waals surface area contributed by atoms with Crippen LogP contribution in [0.1, 0.15) is 28.7 Å². The number of methoxy groups -OCH3 is 2. The van der Waals surface area contributed by atoms with Crippen molar-refractivity contribution in [1.82, 2.24) is 35.6 Å². The third-order valence-electron chi connectivity index (χ3n) is 8.41. The Bertz CT molecular complexity index is 2100. The summed E-state index contributed by atoms with van der Waals surface area (Å²) in [5, 5.41) is 27.5. The van der Waals surface area contributed by atoms with Crippen molar-refractivity contribution in [3.8, 4) is 34.0 Å². The van der Waals surface area contributed by atoms with Gasteiger partial charge in [0.05, 0.1) is 31.9 Å². The molecule has 1 atom stereocenters. The van der Waals surface area contributed by atoms with Crippen molar-refractivity contribution in [3.05, 3.63) is 107 Å². The number of aromatic nitrogens is 4. The Morgan fingerprint density at radius 1 is 0.941 bits per heavy atom. The van der Waals surface area contributed by atoms with Crippen molar-refractivity contribution >= 4 is 15.9 Å². The summed E-state index contributed by atoms with van der Waals surface area (Å²) >= 11 is 0. The number of rotatable bonds is 12.